The molecule has 1 aliphatic rings. The van der Waals surface area contributed by atoms with Crippen LogP contribution in [0, 0.1) is 6.92 Å². The third-order valence-electron chi connectivity index (χ3n) is 3.16. The molecule has 0 atom stereocenters. The molecule has 2 rings (SSSR count). The third-order valence-corrected chi connectivity index (χ3v) is 3.16. The Bertz CT molecular complexity index is 394. The van der Waals surface area contributed by atoms with Crippen molar-refractivity contribution in [1.29, 1.82) is 0 Å². The van der Waals surface area contributed by atoms with Crippen LogP contribution in [-0.4, -0.2) is 29.1 Å². The van der Waals surface area contributed by atoms with Crippen molar-refractivity contribution in [3.63, 3.8) is 0 Å². The van der Waals surface area contributed by atoms with E-state index in [1.54, 1.807) is 0 Å². The van der Waals surface area contributed by atoms with Gasteiger partial charge in [-0.25, -0.2) is 4.98 Å². The molecular formula is C12H18N2O3. The van der Waals surface area contributed by atoms with E-state index in [0.717, 1.165) is 37.4 Å². The van der Waals surface area contributed by atoms with E-state index in [9.17, 15) is 4.79 Å². The molecule has 94 valence electrons. The highest BCUT2D eigenvalue weighted by atomic mass is 16.4. The number of hydrogen-bond donors (Lipinski definition) is 2. The summed E-state index contributed by atoms with van der Waals surface area (Å²) in [7, 11) is 0. The average Bonchev–Trinajstić information content (AvgIpc) is 2.69. The van der Waals surface area contributed by atoms with E-state index in [1.807, 2.05) is 6.92 Å². The predicted octanol–water partition coefficient (Wildman–Crippen LogP) is 1.47. The van der Waals surface area contributed by atoms with Crippen LogP contribution in [0.5, 0.6) is 0 Å². The summed E-state index contributed by atoms with van der Waals surface area (Å²) in [5.74, 6) is 1.04. The molecule has 0 saturated carbocycles. The molecule has 1 aromatic rings. The number of rotatable bonds is 4. The van der Waals surface area contributed by atoms with Gasteiger partial charge in [0.1, 0.15) is 5.76 Å². The van der Waals surface area contributed by atoms with Gasteiger partial charge in [0.05, 0.1) is 12.1 Å². The highest BCUT2D eigenvalue weighted by Crippen LogP contribution is 2.27. The molecule has 2 heterocycles. The summed E-state index contributed by atoms with van der Waals surface area (Å²) in [4.78, 5) is 14.9. The number of piperidine rings is 1. The first-order chi connectivity index (χ1) is 8.16. The second kappa shape index (κ2) is 5.31. The molecule has 0 aliphatic carbocycles. The van der Waals surface area contributed by atoms with Gasteiger partial charge in [-0.3, -0.25) is 4.79 Å². The molecule has 0 bridgehead atoms. The normalized spacial score (nSPS) is 17.2. The van der Waals surface area contributed by atoms with Gasteiger partial charge in [-0.2, -0.15) is 0 Å². The van der Waals surface area contributed by atoms with E-state index < -0.39 is 5.97 Å². The van der Waals surface area contributed by atoms with Gasteiger partial charge >= 0.3 is 5.97 Å². The fourth-order valence-electron chi connectivity index (χ4n) is 2.26. The Morgan fingerprint density at radius 3 is 2.88 bits per heavy atom. The maximum Gasteiger partial charge on any atom is 0.303 e. The number of oxazole rings is 1. The molecule has 2 N–H and O–H groups in total. The molecule has 1 aromatic heterocycles. The number of hydrogen-bond acceptors (Lipinski definition) is 4. The first-order valence-corrected chi connectivity index (χ1v) is 6.05. The van der Waals surface area contributed by atoms with E-state index >= 15 is 0 Å². The summed E-state index contributed by atoms with van der Waals surface area (Å²) in [5, 5.41) is 11.9. The second-order valence-electron chi connectivity index (χ2n) is 4.47. The zero-order valence-corrected chi connectivity index (χ0v) is 10.0. The second-order valence-corrected chi connectivity index (χ2v) is 4.47. The van der Waals surface area contributed by atoms with Crippen LogP contribution in [0.25, 0.3) is 0 Å². The minimum Gasteiger partial charge on any atom is -0.481 e. The predicted molar refractivity (Wildman–Crippen MR) is 62.0 cm³/mol. The first-order valence-electron chi connectivity index (χ1n) is 6.05. The highest BCUT2D eigenvalue weighted by Gasteiger charge is 2.21. The molecule has 0 aromatic carbocycles. The van der Waals surface area contributed by atoms with Gasteiger partial charge in [0.25, 0.3) is 0 Å². The Labute approximate surface area is 100 Å². The van der Waals surface area contributed by atoms with E-state index in [1.165, 1.54) is 0 Å². The van der Waals surface area contributed by atoms with Crippen molar-refractivity contribution in [3.05, 3.63) is 17.3 Å². The van der Waals surface area contributed by atoms with E-state index in [-0.39, 0.29) is 6.42 Å². The lowest BCUT2D eigenvalue weighted by molar-refractivity contribution is -0.137. The monoisotopic (exact) mass is 238 g/mol. The number of nitrogens with zero attached hydrogens (tertiary/aromatic N) is 1. The Balaban J connectivity index is 2.04. The molecule has 1 aliphatic heterocycles. The summed E-state index contributed by atoms with van der Waals surface area (Å²) in [5.41, 5.74) is 1.02. The van der Waals surface area contributed by atoms with Crippen molar-refractivity contribution in [3.8, 4) is 0 Å². The lowest BCUT2D eigenvalue weighted by Gasteiger charge is -2.20. The van der Waals surface area contributed by atoms with Crippen molar-refractivity contribution >= 4 is 5.97 Å². The lowest BCUT2D eigenvalue weighted by atomic mass is 9.94. The standard InChI is InChI=1S/C12H18N2O3/c1-8-12(9-4-6-13-7-5-9)14-10(17-8)2-3-11(15)16/h9,13H,2-7H2,1H3,(H,15,16). The van der Waals surface area contributed by atoms with Crippen LogP contribution in [0.3, 0.4) is 0 Å². The SMILES string of the molecule is Cc1oc(CCC(=O)O)nc1C1CCNCC1. The van der Waals surface area contributed by atoms with Gasteiger partial charge in [-0.05, 0) is 32.9 Å². The Morgan fingerprint density at radius 2 is 2.24 bits per heavy atom. The molecule has 17 heavy (non-hydrogen) atoms. The average molecular weight is 238 g/mol. The van der Waals surface area contributed by atoms with Crippen LogP contribution in [0.4, 0.5) is 0 Å². The smallest absolute Gasteiger partial charge is 0.303 e. The van der Waals surface area contributed by atoms with Crippen LogP contribution < -0.4 is 5.32 Å². The summed E-state index contributed by atoms with van der Waals surface area (Å²) in [6, 6.07) is 0. The van der Waals surface area contributed by atoms with Crippen molar-refractivity contribution < 1.29 is 14.3 Å². The number of carboxylic acid groups (broad SMARTS) is 1. The zero-order chi connectivity index (χ0) is 12.3. The molecule has 0 spiro atoms. The molecule has 5 heteroatoms. The number of aliphatic carboxylic acids is 1. The van der Waals surface area contributed by atoms with Crippen LogP contribution in [0.2, 0.25) is 0 Å². The number of aryl methyl sites for hydroxylation is 2. The van der Waals surface area contributed by atoms with Crippen molar-refractivity contribution in [2.45, 2.75) is 38.5 Å². The maximum absolute atomic E-state index is 10.5. The molecule has 1 fully saturated rings. The van der Waals surface area contributed by atoms with Crippen LogP contribution in [0.1, 0.15) is 42.5 Å². The van der Waals surface area contributed by atoms with Gasteiger partial charge in [0.2, 0.25) is 0 Å². The molecule has 5 nitrogen and oxygen atoms in total. The molecule has 0 unspecified atom stereocenters. The number of nitrogens with one attached hydrogen (secondary N) is 1. The van der Waals surface area contributed by atoms with Gasteiger partial charge in [-0.15, -0.1) is 0 Å². The van der Waals surface area contributed by atoms with Crippen LogP contribution >= 0.6 is 0 Å². The molecule has 0 amide bonds. The molecule has 1 saturated heterocycles. The lowest BCUT2D eigenvalue weighted by Crippen LogP contribution is -2.27. The van der Waals surface area contributed by atoms with Crippen molar-refractivity contribution in [1.82, 2.24) is 10.3 Å². The van der Waals surface area contributed by atoms with Crippen LogP contribution in [-0.2, 0) is 11.2 Å². The maximum atomic E-state index is 10.5. The van der Waals surface area contributed by atoms with E-state index in [2.05, 4.69) is 10.3 Å². The quantitative estimate of drug-likeness (QED) is 0.830. The Hall–Kier alpha value is -1.36. The molecular weight excluding hydrogens is 220 g/mol. The number of aromatic nitrogens is 1. The topological polar surface area (TPSA) is 75.4 Å². The fraction of sp³-hybridized carbons (Fsp3) is 0.667. The Kier molecular flexibility index (Phi) is 3.78. The third kappa shape index (κ3) is 3.06. The van der Waals surface area contributed by atoms with Crippen molar-refractivity contribution in [2.24, 2.45) is 0 Å². The highest BCUT2D eigenvalue weighted by molar-refractivity contribution is 5.66. The molecule has 0 radical (unpaired) electrons. The fourth-order valence-corrected chi connectivity index (χ4v) is 2.26. The number of carbonyl (C=O) groups is 1. The minimum atomic E-state index is -0.815. The number of carboxylic acids is 1. The van der Waals surface area contributed by atoms with Gasteiger partial charge in [0, 0.05) is 12.3 Å². The summed E-state index contributed by atoms with van der Waals surface area (Å²) in [6.45, 7) is 3.94. The van der Waals surface area contributed by atoms with E-state index in [0.29, 0.717) is 18.2 Å². The summed E-state index contributed by atoms with van der Waals surface area (Å²) < 4.78 is 5.52. The van der Waals surface area contributed by atoms with Crippen LogP contribution in [0.15, 0.2) is 4.42 Å². The van der Waals surface area contributed by atoms with Crippen molar-refractivity contribution in [2.75, 3.05) is 13.1 Å². The zero-order valence-electron chi connectivity index (χ0n) is 10.0. The first kappa shape index (κ1) is 12.1. The van der Waals surface area contributed by atoms with Gasteiger partial charge in [-0.1, -0.05) is 0 Å². The Morgan fingerprint density at radius 1 is 1.53 bits per heavy atom. The minimum absolute atomic E-state index is 0.0750. The summed E-state index contributed by atoms with van der Waals surface area (Å²) in [6.07, 6.45) is 2.60. The van der Waals surface area contributed by atoms with E-state index in [4.69, 9.17) is 9.52 Å². The summed E-state index contributed by atoms with van der Waals surface area (Å²) >= 11 is 0. The largest absolute Gasteiger partial charge is 0.481 e. The van der Waals surface area contributed by atoms with Gasteiger partial charge in [0.15, 0.2) is 5.89 Å². The van der Waals surface area contributed by atoms with Gasteiger partial charge < -0.3 is 14.8 Å².